The van der Waals surface area contributed by atoms with Crippen LogP contribution in [0.25, 0.3) is 0 Å². The van der Waals surface area contributed by atoms with E-state index in [9.17, 15) is 0 Å². The van der Waals surface area contributed by atoms with E-state index in [0.717, 1.165) is 23.9 Å². The zero-order valence-corrected chi connectivity index (χ0v) is 11.4. The van der Waals surface area contributed by atoms with Crippen molar-refractivity contribution in [3.63, 3.8) is 0 Å². The fraction of sp³-hybridized carbons (Fsp3) is 0.500. The Hall–Kier alpha value is -1.44. The van der Waals surface area contributed by atoms with Crippen molar-refractivity contribution >= 4 is 5.69 Å². The van der Waals surface area contributed by atoms with Crippen molar-refractivity contribution in [2.24, 2.45) is 5.92 Å². The molecule has 2 nitrogen and oxygen atoms in total. The van der Waals surface area contributed by atoms with E-state index in [4.69, 9.17) is 4.74 Å². The molecule has 0 saturated carbocycles. The number of nitrogens with one attached hydrogen (secondary N) is 1. The molecule has 0 fully saturated rings. The maximum atomic E-state index is 5.81. The predicted octanol–water partition coefficient (Wildman–Crippen LogP) is 4.24. The number of para-hydroxylation sites is 2. The van der Waals surface area contributed by atoms with Crippen molar-refractivity contribution in [2.45, 2.75) is 39.2 Å². The second-order valence-corrected chi connectivity index (χ2v) is 5.19. The van der Waals surface area contributed by atoms with E-state index in [1.54, 1.807) is 0 Å². The van der Waals surface area contributed by atoms with Crippen LogP contribution >= 0.6 is 0 Å². The molecule has 0 spiro atoms. The highest BCUT2D eigenvalue weighted by Gasteiger charge is 2.11. The molecule has 0 radical (unpaired) electrons. The number of hydrogen-bond donors (Lipinski definition) is 1. The molecule has 1 aliphatic carbocycles. The zero-order chi connectivity index (χ0) is 12.8. The standard InChI is InChI=1S/C16H23NO/c1-13(2)18-16-11-7-6-10-15(16)17-12-14-8-4-3-5-9-14/h3-4,6-7,10-11,13-14,17H,5,8-9,12H2,1-2H3. The molecule has 2 heteroatoms. The molecule has 0 heterocycles. The first-order valence-electron chi connectivity index (χ1n) is 6.90. The van der Waals surface area contributed by atoms with Crippen LogP contribution < -0.4 is 10.1 Å². The van der Waals surface area contributed by atoms with E-state index in [0.29, 0.717) is 0 Å². The van der Waals surface area contributed by atoms with Crippen molar-refractivity contribution in [3.05, 3.63) is 36.4 Å². The highest BCUT2D eigenvalue weighted by Crippen LogP contribution is 2.26. The second kappa shape index (κ2) is 6.48. The quantitative estimate of drug-likeness (QED) is 0.783. The average Bonchev–Trinajstić information content (AvgIpc) is 2.38. The third-order valence-electron chi connectivity index (χ3n) is 3.21. The first kappa shape index (κ1) is 13.0. The summed E-state index contributed by atoms with van der Waals surface area (Å²) in [6.45, 7) is 5.15. The van der Waals surface area contributed by atoms with Crippen molar-refractivity contribution in [1.29, 1.82) is 0 Å². The van der Waals surface area contributed by atoms with Crippen LogP contribution in [-0.4, -0.2) is 12.6 Å². The van der Waals surface area contributed by atoms with Gasteiger partial charge in [-0.25, -0.2) is 0 Å². The van der Waals surface area contributed by atoms with Crippen LogP contribution in [0.1, 0.15) is 33.1 Å². The molecular formula is C16H23NO. The molecule has 1 aromatic carbocycles. The number of anilines is 1. The normalized spacial score (nSPS) is 18.9. The Morgan fingerprint density at radius 2 is 2.11 bits per heavy atom. The molecule has 0 amide bonds. The maximum absolute atomic E-state index is 5.81. The Balaban J connectivity index is 1.93. The molecule has 0 saturated heterocycles. The largest absolute Gasteiger partial charge is 0.489 e. The summed E-state index contributed by atoms with van der Waals surface area (Å²) in [5.74, 6) is 1.71. The van der Waals surface area contributed by atoms with E-state index < -0.39 is 0 Å². The van der Waals surface area contributed by atoms with Gasteiger partial charge in [-0.05, 0) is 51.2 Å². The minimum absolute atomic E-state index is 0.213. The number of allylic oxidation sites excluding steroid dienone is 2. The monoisotopic (exact) mass is 245 g/mol. The molecule has 0 aromatic heterocycles. The molecule has 1 aromatic rings. The third kappa shape index (κ3) is 3.80. The Kier molecular flexibility index (Phi) is 4.68. The summed E-state index contributed by atoms with van der Waals surface area (Å²) in [6, 6.07) is 8.20. The summed E-state index contributed by atoms with van der Waals surface area (Å²) in [5.41, 5.74) is 1.11. The van der Waals surface area contributed by atoms with E-state index in [-0.39, 0.29) is 6.10 Å². The minimum atomic E-state index is 0.213. The van der Waals surface area contributed by atoms with Gasteiger partial charge in [0.2, 0.25) is 0 Å². The third-order valence-corrected chi connectivity index (χ3v) is 3.21. The van der Waals surface area contributed by atoms with Gasteiger partial charge in [0.1, 0.15) is 5.75 Å². The van der Waals surface area contributed by atoms with Crippen LogP contribution in [0.5, 0.6) is 5.75 Å². The van der Waals surface area contributed by atoms with Gasteiger partial charge in [0.05, 0.1) is 11.8 Å². The van der Waals surface area contributed by atoms with Gasteiger partial charge >= 0.3 is 0 Å². The van der Waals surface area contributed by atoms with Gasteiger partial charge in [0, 0.05) is 6.54 Å². The van der Waals surface area contributed by atoms with Crippen molar-refractivity contribution < 1.29 is 4.74 Å². The molecule has 0 aliphatic heterocycles. The molecule has 18 heavy (non-hydrogen) atoms. The highest BCUT2D eigenvalue weighted by molar-refractivity contribution is 5.56. The van der Waals surface area contributed by atoms with Gasteiger partial charge in [-0.3, -0.25) is 0 Å². The summed E-state index contributed by atoms with van der Waals surface area (Å²) >= 11 is 0. The molecule has 1 unspecified atom stereocenters. The SMILES string of the molecule is CC(C)Oc1ccccc1NCC1CC=CCC1. The lowest BCUT2D eigenvalue weighted by Gasteiger charge is -2.20. The topological polar surface area (TPSA) is 21.3 Å². The van der Waals surface area contributed by atoms with Gasteiger partial charge in [-0.15, -0.1) is 0 Å². The average molecular weight is 245 g/mol. The Bertz CT molecular complexity index is 398. The maximum Gasteiger partial charge on any atom is 0.142 e. The van der Waals surface area contributed by atoms with Crippen LogP contribution in [0.4, 0.5) is 5.69 Å². The van der Waals surface area contributed by atoms with Crippen LogP contribution in [-0.2, 0) is 0 Å². The lowest BCUT2D eigenvalue weighted by Crippen LogP contribution is -2.16. The number of rotatable bonds is 5. The first-order valence-corrected chi connectivity index (χ1v) is 6.90. The Labute approximate surface area is 110 Å². The summed E-state index contributed by atoms with van der Waals surface area (Å²) in [4.78, 5) is 0. The molecule has 98 valence electrons. The van der Waals surface area contributed by atoms with Crippen molar-refractivity contribution in [2.75, 3.05) is 11.9 Å². The summed E-state index contributed by atoms with van der Waals surface area (Å²) in [6.07, 6.45) is 8.50. The molecular weight excluding hydrogens is 222 g/mol. The van der Waals surface area contributed by atoms with Crippen LogP contribution in [0.3, 0.4) is 0 Å². The Morgan fingerprint density at radius 1 is 1.28 bits per heavy atom. The number of benzene rings is 1. The fourth-order valence-electron chi connectivity index (χ4n) is 2.27. The summed E-state index contributed by atoms with van der Waals surface area (Å²) in [5, 5.41) is 3.53. The fourth-order valence-corrected chi connectivity index (χ4v) is 2.27. The molecule has 1 N–H and O–H groups in total. The van der Waals surface area contributed by atoms with E-state index in [1.165, 1.54) is 19.3 Å². The van der Waals surface area contributed by atoms with Gasteiger partial charge in [-0.2, -0.15) is 0 Å². The Morgan fingerprint density at radius 3 is 2.83 bits per heavy atom. The molecule has 2 rings (SSSR count). The second-order valence-electron chi connectivity index (χ2n) is 5.19. The molecule has 1 atom stereocenters. The smallest absolute Gasteiger partial charge is 0.142 e. The first-order chi connectivity index (χ1) is 8.75. The van der Waals surface area contributed by atoms with Crippen molar-refractivity contribution in [1.82, 2.24) is 0 Å². The van der Waals surface area contributed by atoms with Gasteiger partial charge in [-0.1, -0.05) is 24.3 Å². The van der Waals surface area contributed by atoms with E-state index in [1.807, 2.05) is 12.1 Å². The summed E-state index contributed by atoms with van der Waals surface area (Å²) in [7, 11) is 0. The van der Waals surface area contributed by atoms with Crippen molar-refractivity contribution in [3.8, 4) is 5.75 Å². The minimum Gasteiger partial charge on any atom is -0.489 e. The lowest BCUT2D eigenvalue weighted by molar-refractivity contribution is 0.243. The summed E-state index contributed by atoms with van der Waals surface area (Å²) < 4.78 is 5.81. The van der Waals surface area contributed by atoms with Crippen LogP contribution in [0, 0.1) is 5.92 Å². The zero-order valence-electron chi connectivity index (χ0n) is 11.4. The lowest BCUT2D eigenvalue weighted by atomic mass is 9.94. The van der Waals surface area contributed by atoms with Gasteiger partial charge in [0.15, 0.2) is 0 Å². The van der Waals surface area contributed by atoms with E-state index in [2.05, 4.69) is 43.4 Å². The number of hydrogen-bond acceptors (Lipinski definition) is 2. The van der Waals surface area contributed by atoms with Crippen LogP contribution in [0.15, 0.2) is 36.4 Å². The number of ether oxygens (including phenoxy) is 1. The van der Waals surface area contributed by atoms with Crippen LogP contribution in [0.2, 0.25) is 0 Å². The predicted molar refractivity (Wildman–Crippen MR) is 77.2 cm³/mol. The highest BCUT2D eigenvalue weighted by atomic mass is 16.5. The van der Waals surface area contributed by atoms with E-state index >= 15 is 0 Å². The molecule has 0 bridgehead atoms. The molecule has 1 aliphatic rings. The van der Waals surface area contributed by atoms with Gasteiger partial charge in [0.25, 0.3) is 0 Å². The van der Waals surface area contributed by atoms with Gasteiger partial charge < -0.3 is 10.1 Å².